The van der Waals surface area contributed by atoms with Crippen LogP contribution in [0.5, 0.6) is 0 Å². The highest BCUT2D eigenvalue weighted by Gasteiger charge is 2.16. The van der Waals surface area contributed by atoms with Gasteiger partial charge < -0.3 is 10.2 Å². The third-order valence-electron chi connectivity index (χ3n) is 6.45. The van der Waals surface area contributed by atoms with Gasteiger partial charge in [-0.1, -0.05) is 18.1 Å². The van der Waals surface area contributed by atoms with Crippen LogP contribution in [0.4, 0.5) is 14.5 Å². The first-order valence-corrected chi connectivity index (χ1v) is 12.0. The van der Waals surface area contributed by atoms with Gasteiger partial charge in [-0.3, -0.25) is 14.1 Å². The molecule has 9 heteroatoms. The molecule has 1 saturated heterocycles. The molecule has 0 atom stereocenters. The van der Waals surface area contributed by atoms with E-state index in [1.807, 2.05) is 18.2 Å². The Morgan fingerprint density at radius 1 is 1.00 bits per heavy atom. The Labute approximate surface area is 213 Å². The number of rotatable bonds is 5. The van der Waals surface area contributed by atoms with Crippen molar-refractivity contribution in [1.82, 2.24) is 24.4 Å². The molecular weight excluding hydrogens is 474 g/mol. The molecule has 0 radical (unpaired) electrons. The summed E-state index contributed by atoms with van der Waals surface area (Å²) in [6, 6.07) is 14.7. The number of piperazine rings is 1. The predicted molar refractivity (Wildman–Crippen MR) is 137 cm³/mol. The number of fused-ring (bicyclic) bond motifs is 1. The molecule has 3 heterocycles. The number of pyridine rings is 1. The van der Waals surface area contributed by atoms with Crippen LogP contribution in [0, 0.1) is 17.7 Å². The second-order valence-electron chi connectivity index (χ2n) is 9.05. The molecule has 0 aliphatic carbocycles. The Kier molecular flexibility index (Phi) is 7.21. The largest absolute Gasteiger partial charge is 0.322 e. The number of alkyl halides is 1. The first-order valence-electron chi connectivity index (χ1n) is 12.0. The maximum Gasteiger partial charge on any atom is 0.255 e. The number of hydrogen-bond acceptors (Lipinski definition) is 5. The van der Waals surface area contributed by atoms with Crippen LogP contribution in [0.1, 0.15) is 32.9 Å². The zero-order chi connectivity index (χ0) is 25.8. The van der Waals surface area contributed by atoms with E-state index >= 15 is 0 Å². The number of aromatic nitrogens is 3. The topological polar surface area (TPSA) is 65.8 Å². The number of amides is 1. The van der Waals surface area contributed by atoms with Crippen molar-refractivity contribution in [3.8, 4) is 11.8 Å². The molecule has 1 aliphatic heterocycles. The van der Waals surface area contributed by atoms with Gasteiger partial charge in [-0.2, -0.15) is 0 Å². The molecule has 2 aromatic carbocycles. The summed E-state index contributed by atoms with van der Waals surface area (Å²) >= 11 is 0. The van der Waals surface area contributed by atoms with Gasteiger partial charge in [0, 0.05) is 50.2 Å². The number of anilines is 1. The molecule has 1 amide bonds. The summed E-state index contributed by atoms with van der Waals surface area (Å²) in [6.07, 6.45) is 1.77. The molecule has 1 N–H and O–H groups in total. The number of carbonyl (C=O) groups excluding carboxylic acids is 1. The molecule has 37 heavy (non-hydrogen) atoms. The molecule has 0 unspecified atom stereocenters. The summed E-state index contributed by atoms with van der Waals surface area (Å²) in [5, 5.41) is 10.8. The van der Waals surface area contributed by atoms with Crippen LogP contribution in [0.15, 0.2) is 60.8 Å². The molecule has 0 saturated carbocycles. The highest BCUT2D eigenvalue weighted by molar-refractivity contribution is 6.04. The van der Waals surface area contributed by atoms with Gasteiger partial charge in [-0.15, -0.1) is 10.2 Å². The van der Waals surface area contributed by atoms with E-state index < -0.39 is 18.4 Å². The van der Waals surface area contributed by atoms with E-state index in [9.17, 15) is 13.6 Å². The summed E-state index contributed by atoms with van der Waals surface area (Å²) in [5.74, 6) is 4.94. The maximum atomic E-state index is 14.4. The summed E-state index contributed by atoms with van der Waals surface area (Å²) in [7, 11) is 2.09. The van der Waals surface area contributed by atoms with Crippen molar-refractivity contribution in [2.45, 2.75) is 13.2 Å². The second-order valence-corrected chi connectivity index (χ2v) is 9.05. The van der Waals surface area contributed by atoms with Gasteiger partial charge in [0.2, 0.25) is 5.82 Å². The van der Waals surface area contributed by atoms with Crippen molar-refractivity contribution in [1.29, 1.82) is 0 Å². The molecule has 0 spiro atoms. The molecule has 7 nitrogen and oxygen atoms in total. The zero-order valence-electron chi connectivity index (χ0n) is 20.4. The predicted octanol–water partition coefficient (Wildman–Crippen LogP) is 3.74. The lowest BCUT2D eigenvalue weighted by Crippen LogP contribution is -2.44. The highest BCUT2D eigenvalue weighted by atomic mass is 19.1. The van der Waals surface area contributed by atoms with E-state index in [-0.39, 0.29) is 11.1 Å². The average molecular weight is 501 g/mol. The standard InChI is InChI=1S/C28H26F2N6O/c1-34-12-14-35(15-13-34)19-22-5-8-24(17-23(22)18-29)31-28(37)21-6-9-25(30)20(16-21)7-10-27-33-32-26-4-2-3-11-36(26)27/h2-6,8-9,11,16-17H,12-15,18-19H2,1H3,(H,31,37). The first kappa shape index (κ1) is 24.6. The van der Waals surface area contributed by atoms with Crippen molar-refractivity contribution in [3.05, 3.63) is 94.7 Å². The SMILES string of the molecule is CN1CCN(Cc2ccc(NC(=O)c3ccc(F)c(C#Cc4nnc5ccccn45)c3)cc2CF)CC1. The van der Waals surface area contributed by atoms with Crippen molar-refractivity contribution in [2.75, 3.05) is 38.5 Å². The highest BCUT2D eigenvalue weighted by Crippen LogP contribution is 2.21. The van der Waals surface area contributed by atoms with Gasteiger partial charge in [0.25, 0.3) is 5.91 Å². The molecule has 188 valence electrons. The maximum absolute atomic E-state index is 14.4. The Hall–Kier alpha value is -4.13. The number of likely N-dealkylation sites (N-methyl/N-ethyl adjacent to an activating group) is 1. The average Bonchev–Trinajstić information content (AvgIpc) is 3.33. The Morgan fingerprint density at radius 3 is 2.65 bits per heavy atom. The van der Waals surface area contributed by atoms with Crippen LogP contribution in [-0.2, 0) is 13.2 Å². The quantitative estimate of drug-likeness (QED) is 0.423. The number of nitrogens with zero attached hydrogens (tertiary/aromatic N) is 5. The van der Waals surface area contributed by atoms with Gasteiger partial charge in [0.1, 0.15) is 12.5 Å². The summed E-state index contributed by atoms with van der Waals surface area (Å²) < 4.78 is 30.0. The molecule has 2 aromatic heterocycles. The van der Waals surface area contributed by atoms with E-state index in [0.29, 0.717) is 29.3 Å². The lowest BCUT2D eigenvalue weighted by atomic mass is 10.1. The van der Waals surface area contributed by atoms with Crippen molar-refractivity contribution in [3.63, 3.8) is 0 Å². The molecule has 1 aliphatic rings. The molecule has 4 aromatic rings. The van der Waals surface area contributed by atoms with Crippen LogP contribution >= 0.6 is 0 Å². The Balaban J connectivity index is 1.31. The lowest BCUT2D eigenvalue weighted by molar-refractivity contribution is 0.102. The van der Waals surface area contributed by atoms with E-state index in [1.54, 1.807) is 28.8 Å². The van der Waals surface area contributed by atoms with Crippen molar-refractivity contribution >= 4 is 17.2 Å². The fraction of sp³-hybridized carbons (Fsp3) is 0.250. The normalized spacial score (nSPS) is 14.4. The van der Waals surface area contributed by atoms with Crippen LogP contribution in [0.2, 0.25) is 0 Å². The van der Waals surface area contributed by atoms with E-state index in [0.717, 1.165) is 31.7 Å². The van der Waals surface area contributed by atoms with Gasteiger partial charge in [-0.05, 0) is 66.6 Å². The lowest BCUT2D eigenvalue weighted by Gasteiger charge is -2.32. The first-order chi connectivity index (χ1) is 18.0. The van der Waals surface area contributed by atoms with Crippen LogP contribution < -0.4 is 5.32 Å². The van der Waals surface area contributed by atoms with Gasteiger partial charge in [0.15, 0.2) is 5.65 Å². The molecule has 0 bridgehead atoms. The van der Waals surface area contributed by atoms with Crippen molar-refractivity contribution < 1.29 is 13.6 Å². The van der Waals surface area contributed by atoms with Gasteiger partial charge >= 0.3 is 0 Å². The Morgan fingerprint density at radius 2 is 1.84 bits per heavy atom. The minimum atomic E-state index is -0.625. The Bertz CT molecular complexity index is 1500. The number of hydrogen-bond donors (Lipinski definition) is 1. The zero-order valence-corrected chi connectivity index (χ0v) is 20.4. The minimum Gasteiger partial charge on any atom is -0.322 e. The summed E-state index contributed by atoms with van der Waals surface area (Å²) in [4.78, 5) is 17.5. The third kappa shape index (κ3) is 5.66. The van der Waals surface area contributed by atoms with Crippen LogP contribution in [-0.4, -0.2) is 63.5 Å². The number of halogens is 2. The smallest absolute Gasteiger partial charge is 0.255 e. The summed E-state index contributed by atoms with van der Waals surface area (Å²) in [6.45, 7) is 3.88. The van der Waals surface area contributed by atoms with E-state index in [2.05, 4.69) is 44.2 Å². The molecular formula is C28H26F2N6O. The number of benzene rings is 2. The van der Waals surface area contributed by atoms with Gasteiger partial charge in [-0.25, -0.2) is 8.78 Å². The van der Waals surface area contributed by atoms with Crippen LogP contribution in [0.25, 0.3) is 5.65 Å². The fourth-order valence-electron chi connectivity index (χ4n) is 4.24. The van der Waals surface area contributed by atoms with Crippen molar-refractivity contribution in [2.24, 2.45) is 0 Å². The minimum absolute atomic E-state index is 0.0623. The molecule has 1 fully saturated rings. The number of carbonyl (C=O) groups is 1. The third-order valence-corrected chi connectivity index (χ3v) is 6.45. The van der Waals surface area contributed by atoms with E-state index in [1.165, 1.54) is 18.2 Å². The van der Waals surface area contributed by atoms with Gasteiger partial charge in [0.05, 0.1) is 5.56 Å². The second kappa shape index (κ2) is 10.9. The monoisotopic (exact) mass is 500 g/mol. The summed E-state index contributed by atoms with van der Waals surface area (Å²) in [5.41, 5.74) is 2.86. The molecule has 5 rings (SSSR count). The van der Waals surface area contributed by atoms with Crippen LogP contribution in [0.3, 0.4) is 0 Å². The fourth-order valence-corrected chi connectivity index (χ4v) is 4.24. The van der Waals surface area contributed by atoms with E-state index in [4.69, 9.17) is 0 Å². The number of nitrogens with one attached hydrogen (secondary N) is 1.